The van der Waals surface area contributed by atoms with E-state index < -0.39 is 18.0 Å². The first-order valence-corrected chi connectivity index (χ1v) is 15.4. The van der Waals surface area contributed by atoms with Gasteiger partial charge in [-0.05, 0) is 100 Å². The van der Waals surface area contributed by atoms with Gasteiger partial charge in [0.25, 0.3) is 5.56 Å². The molecule has 1 aliphatic heterocycles. The number of esters is 2. The molecular formula is C28H26I2N2O8S. The maximum Gasteiger partial charge on any atom is 0.343 e. The van der Waals surface area contributed by atoms with E-state index in [9.17, 15) is 14.4 Å². The average molecular weight is 804 g/mol. The van der Waals surface area contributed by atoms with Gasteiger partial charge in [0.05, 0.1) is 50.7 Å². The molecule has 0 bridgehead atoms. The number of hydrogen-bond donors (Lipinski definition) is 0. The van der Waals surface area contributed by atoms with Gasteiger partial charge in [-0.3, -0.25) is 9.36 Å². The van der Waals surface area contributed by atoms with Crippen molar-refractivity contribution in [2.45, 2.75) is 19.9 Å². The first-order chi connectivity index (χ1) is 19.7. The fourth-order valence-corrected chi connectivity index (χ4v) is 7.23. The molecule has 0 fully saturated rings. The monoisotopic (exact) mass is 804 g/mol. The van der Waals surface area contributed by atoms with Crippen molar-refractivity contribution in [1.82, 2.24) is 4.57 Å². The summed E-state index contributed by atoms with van der Waals surface area (Å²) in [4.78, 5) is 43.0. The molecule has 3 aromatic rings. The Morgan fingerprint density at radius 3 is 2.32 bits per heavy atom. The Morgan fingerprint density at radius 1 is 1.00 bits per heavy atom. The van der Waals surface area contributed by atoms with E-state index in [0.29, 0.717) is 45.4 Å². The van der Waals surface area contributed by atoms with Gasteiger partial charge in [0, 0.05) is 6.20 Å². The van der Waals surface area contributed by atoms with Crippen LogP contribution in [0.1, 0.15) is 31.0 Å². The standard InChI is InChI=1S/C28H26I2N2O8S/c1-5-38-20-8-7-16(12-21(20)39-6-2)24-17(27(35)37-4)13-31-28-32(24)26(34)22(41-28)11-15-9-18(29)25(19(30)10-15)40-14-23(33)36-3/h7-13,24H,5-6,14H2,1-4H3/b22-11-/t24-/m1/s1. The number of carbonyl (C=O) groups excluding carboxylic acids is 2. The molecule has 0 unspecified atom stereocenters. The summed E-state index contributed by atoms with van der Waals surface area (Å²) in [7, 11) is 2.59. The first kappa shape index (κ1) is 31.0. The highest BCUT2D eigenvalue weighted by atomic mass is 127. The predicted molar refractivity (Wildman–Crippen MR) is 169 cm³/mol. The Morgan fingerprint density at radius 2 is 1.68 bits per heavy atom. The van der Waals surface area contributed by atoms with Crippen molar-refractivity contribution in [2.24, 2.45) is 4.99 Å². The summed E-state index contributed by atoms with van der Waals surface area (Å²) in [5, 5.41) is 0. The maximum atomic E-state index is 13.9. The van der Waals surface area contributed by atoms with Crippen molar-refractivity contribution in [3.63, 3.8) is 0 Å². The second-order valence-corrected chi connectivity index (χ2v) is 11.8. The topological polar surface area (TPSA) is 115 Å². The third-order valence-corrected chi connectivity index (χ3v) is 8.49. The zero-order valence-corrected chi connectivity index (χ0v) is 27.7. The second-order valence-electron chi connectivity index (χ2n) is 8.43. The lowest BCUT2D eigenvalue weighted by Crippen LogP contribution is -2.39. The van der Waals surface area contributed by atoms with Gasteiger partial charge in [0.2, 0.25) is 0 Å². The number of thiazole rings is 1. The quantitative estimate of drug-likeness (QED) is 0.226. The number of hydrogen-bond acceptors (Lipinski definition) is 10. The number of nitrogens with zero attached hydrogens (tertiary/aromatic N) is 2. The summed E-state index contributed by atoms with van der Waals surface area (Å²) < 4.78 is 30.3. The van der Waals surface area contributed by atoms with Crippen LogP contribution in [0.4, 0.5) is 0 Å². The van der Waals surface area contributed by atoms with Crippen LogP contribution in [-0.2, 0) is 19.1 Å². The fraction of sp³-hybridized carbons (Fsp3) is 0.286. The van der Waals surface area contributed by atoms with Crippen LogP contribution in [0, 0.1) is 7.14 Å². The lowest BCUT2D eigenvalue weighted by Gasteiger charge is -2.23. The third kappa shape index (κ3) is 6.77. The molecule has 41 heavy (non-hydrogen) atoms. The van der Waals surface area contributed by atoms with E-state index in [2.05, 4.69) is 54.9 Å². The minimum absolute atomic E-state index is 0.209. The van der Waals surface area contributed by atoms with E-state index in [1.807, 2.05) is 26.0 Å². The molecule has 1 aromatic heterocycles. The van der Waals surface area contributed by atoms with Gasteiger partial charge in [-0.2, -0.15) is 0 Å². The van der Waals surface area contributed by atoms with Crippen LogP contribution in [0.25, 0.3) is 6.08 Å². The van der Waals surface area contributed by atoms with E-state index in [1.54, 1.807) is 24.3 Å². The number of fused-ring (bicyclic) bond motifs is 1. The molecule has 0 saturated heterocycles. The highest BCUT2D eigenvalue weighted by molar-refractivity contribution is 14.1. The Balaban J connectivity index is 1.82. The first-order valence-electron chi connectivity index (χ1n) is 12.4. The van der Waals surface area contributed by atoms with Gasteiger partial charge in [-0.15, -0.1) is 0 Å². The van der Waals surface area contributed by atoms with Crippen molar-refractivity contribution < 1.29 is 33.3 Å². The molecule has 0 amide bonds. The van der Waals surface area contributed by atoms with Crippen LogP contribution in [-0.4, -0.2) is 50.5 Å². The van der Waals surface area contributed by atoms with Crippen molar-refractivity contribution >= 4 is 74.5 Å². The molecule has 13 heteroatoms. The Kier molecular flexibility index (Phi) is 10.5. The van der Waals surface area contributed by atoms with E-state index in [4.69, 9.17) is 18.9 Å². The average Bonchev–Trinajstić information content (AvgIpc) is 3.27. The summed E-state index contributed by atoms with van der Waals surface area (Å²) in [6.45, 7) is 4.41. The highest BCUT2D eigenvalue weighted by Gasteiger charge is 2.31. The lowest BCUT2D eigenvalue weighted by atomic mass is 9.97. The maximum absolute atomic E-state index is 13.9. The van der Waals surface area contributed by atoms with Crippen molar-refractivity contribution in [2.75, 3.05) is 34.0 Å². The largest absolute Gasteiger partial charge is 0.490 e. The fourth-order valence-electron chi connectivity index (χ4n) is 4.13. The van der Waals surface area contributed by atoms with Gasteiger partial charge in [0.15, 0.2) is 22.9 Å². The molecule has 0 aliphatic carbocycles. The number of carbonyl (C=O) groups is 2. The van der Waals surface area contributed by atoms with Gasteiger partial charge < -0.3 is 23.7 Å². The third-order valence-electron chi connectivity index (χ3n) is 5.89. The van der Waals surface area contributed by atoms with Gasteiger partial charge in [-0.1, -0.05) is 17.4 Å². The number of methoxy groups -OCH3 is 2. The van der Waals surface area contributed by atoms with Gasteiger partial charge in [-0.25, -0.2) is 14.6 Å². The van der Waals surface area contributed by atoms with E-state index in [0.717, 1.165) is 12.7 Å². The number of benzene rings is 2. The summed E-state index contributed by atoms with van der Waals surface area (Å²) >= 11 is 5.45. The molecular weight excluding hydrogens is 778 g/mol. The summed E-state index contributed by atoms with van der Waals surface area (Å²) in [6.07, 6.45) is 3.21. The molecule has 1 atom stereocenters. The van der Waals surface area contributed by atoms with Gasteiger partial charge >= 0.3 is 11.9 Å². The second kappa shape index (κ2) is 13.8. The summed E-state index contributed by atoms with van der Waals surface area (Å²) in [5.74, 6) is 0.555. The van der Waals surface area contributed by atoms with Crippen molar-refractivity contribution in [3.05, 3.63) is 80.1 Å². The highest BCUT2D eigenvalue weighted by Crippen LogP contribution is 2.35. The summed E-state index contributed by atoms with van der Waals surface area (Å²) in [6, 6.07) is 8.26. The Labute approximate surface area is 266 Å². The molecule has 2 aromatic carbocycles. The Hall–Kier alpha value is -2.92. The number of ether oxygens (including phenoxy) is 5. The molecule has 10 nitrogen and oxygen atoms in total. The predicted octanol–water partition coefficient (Wildman–Crippen LogP) is 3.58. The van der Waals surface area contributed by atoms with Crippen LogP contribution in [0.2, 0.25) is 0 Å². The molecule has 0 spiro atoms. The van der Waals surface area contributed by atoms with Crippen molar-refractivity contribution in [3.8, 4) is 17.2 Å². The smallest absolute Gasteiger partial charge is 0.343 e. The van der Waals surface area contributed by atoms with E-state index >= 15 is 0 Å². The van der Waals surface area contributed by atoms with Crippen LogP contribution < -0.4 is 29.1 Å². The summed E-state index contributed by atoms with van der Waals surface area (Å²) in [5.41, 5.74) is 1.32. The number of rotatable bonds is 10. The van der Waals surface area contributed by atoms with E-state index in [1.165, 1.54) is 36.3 Å². The SMILES string of the molecule is CCOc1ccc([C@@H]2C(C(=O)OC)=CN=c3s/c(=C\c4cc(I)c(OCC(=O)OC)c(I)c4)c(=O)n32)cc1OCC. The lowest BCUT2D eigenvalue weighted by molar-refractivity contribution is -0.143. The zero-order chi connectivity index (χ0) is 29.7. The number of aromatic nitrogens is 1. The molecule has 0 N–H and O–H groups in total. The van der Waals surface area contributed by atoms with Crippen LogP contribution in [0.3, 0.4) is 0 Å². The number of halogens is 2. The minimum Gasteiger partial charge on any atom is -0.490 e. The van der Waals surface area contributed by atoms with Gasteiger partial charge in [0.1, 0.15) is 5.75 Å². The minimum atomic E-state index is -0.787. The molecule has 1 aliphatic rings. The van der Waals surface area contributed by atoms with Crippen molar-refractivity contribution in [1.29, 1.82) is 0 Å². The molecule has 0 radical (unpaired) electrons. The van der Waals surface area contributed by atoms with Crippen LogP contribution >= 0.6 is 56.5 Å². The molecule has 216 valence electrons. The Bertz CT molecular complexity index is 1670. The zero-order valence-electron chi connectivity index (χ0n) is 22.6. The molecule has 2 heterocycles. The molecule has 4 rings (SSSR count). The van der Waals surface area contributed by atoms with Crippen LogP contribution in [0.15, 0.2) is 51.9 Å². The van der Waals surface area contributed by atoms with E-state index in [-0.39, 0.29) is 17.7 Å². The van der Waals surface area contributed by atoms with Crippen LogP contribution in [0.5, 0.6) is 17.2 Å². The molecule has 0 saturated carbocycles. The normalized spacial score (nSPS) is 14.4.